The molecule has 4 fully saturated rings. The molecule has 3 heterocycles. The van der Waals surface area contributed by atoms with E-state index in [1.54, 1.807) is 12.0 Å². The zero-order chi connectivity index (χ0) is 40.7. The maximum Gasteiger partial charge on any atom is 0.240 e. The molecule has 0 spiro atoms. The van der Waals surface area contributed by atoms with Gasteiger partial charge in [-0.3, -0.25) is 23.9 Å². The number of carbonyl (C=O) groups is 4. The molecule has 0 radical (unpaired) electrons. The molecular formula is C44H56N4O8S. The molecule has 5 atom stereocenters. The number of hydrogen-bond acceptors (Lipinski definition) is 9. The lowest BCUT2D eigenvalue weighted by atomic mass is 9.77. The Hall–Kier alpha value is -4.52. The highest BCUT2D eigenvalue weighted by Gasteiger charge is 2.62. The number of nitrogens with zero attached hydrogens (tertiary/aromatic N) is 3. The summed E-state index contributed by atoms with van der Waals surface area (Å²) in [5.41, 5.74) is 0.448. The van der Waals surface area contributed by atoms with Gasteiger partial charge in [0.25, 0.3) is 0 Å². The van der Waals surface area contributed by atoms with Crippen LogP contribution in [0.1, 0.15) is 91.9 Å². The van der Waals surface area contributed by atoms with Crippen LogP contribution < -0.4 is 14.2 Å². The van der Waals surface area contributed by atoms with Gasteiger partial charge in [0.1, 0.15) is 17.6 Å². The molecule has 13 heteroatoms. The topological polar surface area (TPSA) is 152 Å². The van der Waals surface area contributed by atoms with Gasteiger partial charge in [-0.15, -0.1) is 0 Å². The van der Waals surface area contributed by atoms with Crippen molar-refractivity contribution in [3.63, 3.8) is 0 Å². The minimum absolute atomic E-state index is 0.0196. The number of pyridine rings is 1. The van der Waals surface area contributed by atoms with Crippen molar-refractivity contribution in [3.05, 3.63) is 54.6 Å². The van der Waals surface area contributed by atoms with E-state index >= 15 is 0 Å². The van der Waals surface area contributed by atoms with Crippen molar-refractivity contribution in [2.24, 2.45) is 22.7 Å². The second kappa shape index (κ2) is 16.0. The van der Waals surface area contributed by atoms with Crippen LogP contribution in [-0.4, -0.2) is 90.8 Å². The molecule has 2 saturated heterocycles. The fourth-order valence-electron chi connectivity index (χ4n) is 8.79. The number of carbonyl (C=O) groups excluding carboxylic acids is 4. The van der Waals surface area contributed by atoms with E-state index in [9.17, 15) is 27.6 Å². The Balaban J connectivity index is 1.21. The first-order valence-corrected chi connectivity index (χ1v) is 22.1. The van der Waals surface area contributed by atoms with Crippen LogP contribution >= 0.6 is 0 Å². The lowest BCUT2D eigenvalue weighted by molar-refractivity contribution is -0.148. The Morgan fingerprint density at radius 1 is 1.00 bits per heavy atom. The number of ketones is 1. The molecule has 7 rings (SSSR count). The number of ether oxygens (including phenoxy) is 2. The van der Waals surface area contributed by atoms with E-state index in [0.717, 1.165) is 30.2 Å². The van der Waals surface area contributed by atoms with E-state index in [2.05, 4.69) is 4.72 Å². The number of aromatic nitrogens is 1. The van der Waals surface area contributed by atoms with E-state index in [-0.39, 0.29) is 49.3 Å². The molecule has 0 unspecified atom stereocenters. The number of nitrogens with one attached hydrogen (secondary N) is 1. The van der Waals surface area contributed by atoms with Crippen LogP contribution in [0.2, 0.25) is 0 Å². The number of likely N-dealkylation sites (tertiary alicyclic amines) is 2. The van der Waals surface area contributed by atoms with Crippen molar-refractivity contribution >= 4 is 44.4 Å². The maximum atomic E-state index is 14.9. The number of Topliss-reactive ketones (excluding diaryl/α,β-unsaturated/α-hetero) is 1. The van der Waals surface area contributed by atoms with E-state index in [0.29, 0.717) is 61.5 Å². The minimum atomic E-state index is -3.82. The number of sulfonamides is 1. The third-order valence-corrected chi connectivity index (χ3v) is 14.4. The van der Waals surface area contributed by atoms with Gasteiger partial charge in [0, 0.05) is 55.4 Å². The quantitative estimate of drug-likeness (QED) is 0.198. The molecule has 2 aliphatic heterocycles. The largest absolute Gasteiger partial charge is 0.497 e. The first-order valence-electron chi connectivity index (χ1n) is 20.5. The molecule has 2 aromatic carbocycles. The van der Waals surface area contributed by atoms with E-state index in [4.69, 9.17) is 14.5 Å². The molecule has 306 valence electrons. The first kappa shape index (κ1) is 40.7. The summed E-state index contributed by atoms with van der Waals surface area (Å²) in [7, 11) is -2.23. The molecule has 1 N–H and O–H groups in total. The molecule has 57 heavy (non-hydrogen) atoms. The summed E-state index contributed by atoms with van der Waals surface area (Å²) in [5, 5.41) is 0.155. The number of fused-ring (bicyclic) bond motifs is 1. The predicted octanol–water partition coefficient (Wildman–Crippen LogP) is 6.31. The van der Waals surface area contributed by atoms with Crippen LogP contribution in [0.4, 0.5) is 0 Å². The minimum Gasteiger partial charge on any atom is -0.497 e. The summed E-state index contributed by atoms with van der Waals surface area (Å²) in [6.07, 6.45) is 4.33. The summed E-state index contributed by atoms with van der Waals surface area (Å²) < 4.78 is 40.3. The molecule has 0 bridgehead atoms. The zero-order valence-corrected chi connectivity index (χ0v) is 34.6. The third kappa shape index (κ3) is 8.68. The van der Waals surface area contributed by atoms with Crippen molar-refractivity contribution in [3.8, 4) is 22.8 Å². The summed E-state index contributed by atoms with van der Waals surface area (Å²) in [6.45, 7) is 9.18. The van der Waals surface area contributed by atoms with Crippen LogP contribution in [-0.2, 0) is 29.2 Å². The van der Waals surface area contributed by atoms with Crippen molar-refractivity contribution < 1.29 is 37.1 Å². The molecule has 12 nitrogen and oxygen atoms in total. The molecule has 3 aromatic rings. The van der Waals surface area contributed by atoms with Crippen molar-refractivity contribution in [1.29, 1.82) is 0 Å². The third-order valence-electron chi connectivity index (χ3n) is 12.6. The van der Waals surface area contributed by atoms with Crippen LogP contribution in [0.15, 0.2) is 54.6 Å². The molecule has 1 aromatic heterocycles. The number of rotatable bonds is 14. The maximum absolute atomic E-state index is 14.9. The van der Waals surface area contributed by atoms with Gasteiger partial charge < -0.3 is 19.3 Å². The van der Waals surface area contributed by atoms with Crippen molar-refractivity contribution in [1.82, 2.24) is 19.5 Å². The van der Waals surface area contributed by atoms with Gasteiger partial charge in [0.05, 0.1) is 47.5 Å². The highest BCUT2D eigenvalue weighted by Crippen LogP contribution is 2.58. The zero-order valence-electron chi connectivity index (χ0n) is 33.8. The van der Waals surface area contributed by atoms with Crippen molar-refractivity contribution in [2.75, 3.05) is 26.7 Å². The Morgan fingerprint density at radius 3 is 2.35 bits per heavy atom. The standard InChI is InChI=1S/C44H56N4O8S/c1-6-29-25-44(29,42(52)46-57(53,54)32-16-17-32)26-38(49)37-22-31(27-48(37)41(51)34(43(2,3)4)23-40(50)47-19-11-8-12-20-47)56-39-24-35(28-13-9-7-10-14-28)45-36-21-30(55-5)15-18-33(36)39/h7,9-10,13-15,18,21,24,29,31-32,34,37H,6,8,11-12,16-17,19-20,22-23,25-27H2,1-5H3,(H,46,52)/t29-,31-,34-,37+,44-/m1/s1. The number of piperidine rings is 1. The second-order valence-corrected chi connectivity index (χ2v) is 19.5. The van der Waals surface area contributed by atoms with Crippen LogP contribution in [0, 0.1) is 22.7 Å². The summed E-state index contributed by atoms with van der Waals surface area (Å²) in [4.78, 5) is 65.3. The number of methoxy groups -OCH3 is 1. The average Bonchev–Trinajstić information content (AvgIpc) is 4.13. The predicted molar refractivity (Wildman–Crippen MR) is 217 cm³/mol. The lowest BCUT2D eigenvalue weighted by Gasteiger charge is -2.36. The van der Waals surface area contributed by atoms with E-state index in [1.165, 1.54) is 0 Å². The second-order valence-electron chi connectivity index (χ2n) is 17.6. The Kier molecular flexibility index (Phi) is 11.4. The van der Waals surface area contributed by atoms with Crippen LogP contribution in [0.3, 0.4) is 0 Å². The molecule has 3 amide bonds. The average molecular weight is 801 g/mol. The summed E-state index contributed by atoms with van der Waals surface area (Å²) in [6, 6.07) is 16.2. The highest BCUT2D eigenvalue weighted by molar-refractivity contribution is 7.90. The molecule has 2 saturated carbocycles. The molecule has 2 aliphatic carbocycles. The number of benzene rings is 2. The van der Waals surface area contributed by atoms with Gasteiger partial charge in [-0.1, -0.05) is 64.4 Å². The fourth-order valence-corrected chi connectivity index (χ4v) is 10.2. The fraction of sp³-hybridized carbons (Fsp3) is 0.568. The monoisotopic (exact) mass is 800 g/mol. The van der Waals surface area contributed by atoms with E-state index in [1.807, 2.05) is 87.2 Å². The van der Waals surface area contributed by atoms with Gasteiger partial charge in [-0.05, 0) is 62.0 Å². The highest BCUT2D eigenvalue weighted by atomic mass is 32.2. The summed E-state index contributed by atoms with van der Waals surface area (Å²) in [5.74, 6) is -1.02. The van der Waals surface area contributed by atoms with Crippen LogP contribution in [0.25, 0.3) is 22.2 Å². The molecular weight excluding hydrogens is 745 g/mol. The lowest BCUT2D eigenvalue weighted by Crippen LogP contribution is -2.49. The van der Waals surface area contributed by atoms with Gasteiger partial charge >= 0.3 is 0 Å². The SMILES string of the molecule is CC[C@@H]1C[C@]1(CC(=O)[C@@H]1C[C@@H](Oc2cc(-c3ccccc3)nc3cc(OC)ccc23)CN1C(=O)[C@@H](CC(=O)N1CCCCC1)C(C)(C)C)C(=O)NS(=O)(=O)C1CC1. The van der Waals surface area contributed by atoms with E-state index < -0.39 is 50.1 Å². The van der Waals surface area contributed by atoms with Crippen molar-refractivity contribution in [2.45, 2.75) is 109 Å². The Bertz CT molecular complexity index is 2130. The van der Waals surface area contributed by atoms with Crippen LogP contribution in [0.5, 0.6) is 11.5 Å². The van der Waals surface area contributed by atoms with Gasteiger partial charge in [-0.2, -0.15) is 0 Å². The Labute approximate surface area is 336 Å². The van der Waals surface area contributed by atoms with Gasteiger partial charge in [-0.25, -0.2) is 13.4 Å². The Morgan fingerprint density at radius 2 is 1.72 bits per heavy atom. The normalized spacial score (nSPS) is 24.2. The number of amides is 3. The van der Waals surface area contributed by atoms with Gasteiger partial charge in [0.15, 0.2) is 5.78 Å². The molecule has 4 aliphatic rings. The smallest absolute Gasteiger partial charge is 0.240 e. The van der Waals surface area contributed by atoms with Gasteiger partial charge in [0.2, 0.25) is 27.7 Å². The first-order chi connectivity index (χ1) is 27.1. The number of hydrogen-bond donors (Lipinski definition) is 1. The summed E-state index contributed by atoms with van der Waals surface area (Å²) >= 11 is 0.